The molecule has 1 fully saturated rings. The molecule has 0 radical (unpaired) electrons. The fraction of sp³-hybridized carbons (Fsp3) is 0.395. The molecule has 2 aliphatic rings. The van der Waals surface area contributed by atoms with Gasteiger partial charge in [0.15, 0.2) is 17.4 Å². The second kappa shape index (κ2) is 18.1. The van der Waals surface area contributed by atoms with Crippen molar-refractivity contribution in [2.24, 2.45) is 7.05 Å². The van der Waals surface area contributed by atoms with Crippen molar-refractivity contribution in [1.82, 2.24) is 30.0 Å². The number of benzene rings is 2. The molecule has 0 saturated carbocycles. The Morgan fingerprint density at radius 1 is 1.05 bits per heavy atom. The summed E-state index contributed by atoms with van der Waals surface area (Å²) in [5, 5.41) is 15.5. The number of piperidine rings is 1. The van der Waals surface area contributed by atoms with Crippen LogP contribution in [0.15, 0.2) is 48.9 Å². The highest BCUT2D eigenvalue weighted by Gasteiger charge is 2.40. The van der Waals surface area contributed by atoms with Crippen molar-refractivity contribution in [1.29, 1.82) is 0 Å². The number of nitrogens with zero attached hydrogens (tertiary/aromatic N) is 5. The van der Waals surface area contributed by atoms with E-state index < -0.39 is 23.6 Å². The molecule has 2 aromatic heterocycles. The van der Waals surface area contributed by atoms with E-state index in [1.54, 1.807) is 42.3 Å². The van der Waals surface area contributed by atoms with Gasteiger partial charge in [-0.05, 0) is 37.5 Å². The van der Waals surface area contributed by atoms with Gasteiger partial charge in [-0.1, -0.05) is 49.8 Å². The third-order valence-corrected chi connectivity index (χ3v) is 9.67. The lowest BCUT2D eigenvalue weighted by molar-refractivity contribution is -0.137. The summed E-state index contributed by atoms with van der Waals surface area (Å²) in [7, 11) is 1.77. The number of hydrogen-bond acceptors (Lipinski definition) is 10. The molecule has 0 bridgehead atoms. The summed E-state index contributed by atoms with van der Waals surface area (Å²) < 4.78 is 36.9. The summed E-state index contributed by atoms with van der Waals surface area (Å²) in [6.45, 7) is 0.325. The van der Waals surface area contributed by atoms with E-state index in [0.717, 1.165) is 44.2 Å². The number of unbranched alkanes of at least 4 members (excludes halogenated alkanes) is 6. The zero-order valence-corrected chi connectivity index (χ0v) is 31.1. The molecule has 2 aliphatic heterocycles. The van der Waals surface area contributed by atoms with Crippen LogP contribution in [0.3, 0.4) is 0 Å². The predicted molar refractivity (Wildman–Crippen MR) is 201 cm³/mol. The molecule has 4 N–H and O–H groups in total. The number of amides is 4. The first-order chi connectivity index (χ1) is 26.5. The molecule has 1 atom stereocenters. The third kappa shape index (κ3) is 10.1. The van der Waals surface area contributed by atoms with Crippen LogP contribution in [0.5, 0.6) is 5.75 Å². The zero-order valence-electron chi connectivity index (χ0n) is 30.3. The molecule has 4 heterocycles. The molecular formula is C38H42ClF2N9O5. The Morgan fingerprint density at radius 2 is 1.84 bits per heavy atom. The number of carbonyl (C=O) groups excluding carboxylic acids is 4. The third-order valence-electron chi connectivity index (χ3n) is 9.39. The van der Waals surface area contributed by atoms with E-state index in [0.29, 0.717) is 41.8 Å². The monoisotopic (exact) mass is 777 g/mol. The van der Waals surface area contributed by atoms with E-state index in [1.807, 2.05) is 0 Å². The van der Waals surface area contributed by atoms with Gasteiger partial charge in [0.2, 0.25) is 23.7 Å². The summed E-state index contributed by atoms with van der Waals surface area (Å²) in [6.07, 6.45) is 11.4. The lowest BCUT2D eigenvalue weighted by Gasteiger charge is -2.29. The average Bonchev–Trinajstić information content (AvgIpc) is 3.72. The lowest BCUT2D eigenvalue weighted by Crippen LogP contribution is -2.52. The first kappa shape index (κ1) is 39.1. The number of imide groups is 1. The van der Waals surface area contributed by atoms with Crippen LogP contribution in [-0.4, -0.2) is 60.9 Å². The SMILES string of the molecule is Cn1cc(Nc2ncc(Cl)c(NCc3cc(F)cc(OCCCCCCCCCC(=O)Nc4cccc5c4CN(C4CCC(=O)NC4=O)C5=O)c3F)n2)cn1. The summed E-state index contributed by atoms with van der Waals surface area (Å²) in [5.74, 6) is -2.24. The molecule has 290 valence electrons. The quantitative estimate of drug-likeness (QED) is 0.0655. The zero-order chi connectivity index (χ0) is 38.9. The molecule has 4 amide bonds. The van der Waals surface area contributed by atoms with Crippen LogP contribution in [0.1, 0.15) is 85.7 Å². The van der Waals surface area contributed by atoms with Crippen LogP contribution in [0.4, 0.5) is 31.9 Å². The fourth-order valence-electron chi connectivity index (χ4n) is 6.57. The number of ether oxygens (including phenoxy) is 1. The highest BCUT2D eigenvalue weighted by atomic mass is 35.5. The fourth-order valence-corrected chi connectivity index (χ4v) is 6.72. The van der Waals surface area contributed by atoms with Crippen LogP contribution in [0, 0.1) is 11.6 Å². The average molecular weight is 778 g/mol. The number of aryl methyl sites for hydroxylation is 1. The molecule has 17 heteroatoms. The van der Waals surface area contributed by atoms with E-state index in [2.05, 4.69) is 36.3 Å². The molecule has 1 saturated heterocycles. The van der Waals surface area contributed by atoms with E-state index in [-0.39, 0.29) is 78.4 Å². The molecule has 2 aromatic carbocycles. The van der Waals surface area contributed by atoms with Crippen LogP contribution < -0.4 is 26.0 Å². The van der Waals surface area contributed by atoms with Gasteiger partial charge in [-0.3, -0.25) is 29.2 Å². The summed E-state index contributed by atoms with van der Waals surface area (Å²) in [4.78, 5) is 59.6. The summed E-state index contributed by atoms with van der Waals surface area (Å²) in [5.41, 5.74) is 2.39. The molecule has 1 unspecified atom stereocenters. The Hall–Kier alpha value is -5.64. The minimum Gasteiger partial charge on any atom is -0.490 e. The van der Waals surface area contributed by atoms with Crippen molar-refractivity contribution < 1.29 is 32.7 Å². The van der Waals surface area contributed by atoms with Gasteiger partial charge in [0, 0.05) is 67.6 Å². The van der Waals surface area contributed by atoms with Crippen molar-refractivity contribution in [3.05, 3.63) is 82.3 Å². The number of rotatable bonds is 18. The van der Waals surface area contributed by atoms with E-state index in [4.69, 9.17) is 16.3 Å². The van der Waals surface area contributed by atoms with E-state index >= 15 is 4.39 Å². The van der Waals surface area contributed by atoms with E-state index in [1.165, 1.54) is 11.1 Å². The van der Waals surface area contributed by atoms with Gasteiger partial charge < -0.3 is 25.6 Å². The Morgan fingerprint density at radius 3 is 2.60 bits per heavy atom. The standard InChI is InChI=1S/C38H42ClF2N9O5/c1-49-21-25(19-44-49)45-38-43-20-28(39)35(48-38)42-18-23-16-24(40)17-31(34(23)41)55-15-8-6-4-2-3-5-7-12-32(51)46-29-11-9-10-26-27(29)22-50(37(26)54)30-13-14-33(52)47-36(30)53/h9-11,16-17,19-21,30H,2-8,12-15,18,22H2,1H3,(H,46,51)(H,47,52,53)(H2,42,43,45,48). The lowest BCUT2D eigenvalue weighted by atomic mass is 10.0. The summed E-state index contributed by atoms with van der Waals surface area (Å²) >= 11 is 6.24. The highest BCUT2D eigenvalue weighted by Crippen LogP contribution is 2.33. The first-order valence-electron chi connectivity index (χ1n) is 18.2. The van der Waals surface area contributed by atoms with Crippen molar-refractivity contribution in [2.45, 2.75) is 83.3 Å². The molecular weight excluding hydrogens is 736 g/mol. The van der Waals surface area contributed by atoms with Crippen molar-refractivity contribution in [3.8, 4) is 5.75 Å². The van der Waals surface area contributed by atoms with Crippen molar-refractivity contribution >= 4 is 58.4 Å². The Kier molecular flexibility index (Phi) is 12.9. The normalized spacial score (nSPS) is 15.2. The minimum absolute atomic E-state index is 0.0549. The predicted octanol–water partition coefficient (Wildman–Crippen LogP) is 6.40. The molecule has 55 heavy (non-hydrogen) atoms. The Bertz CT molecular complexity index is 2060. The van der Waals surface area contributed by atoms with Gasteiger partial charge in [-0.2, -0.15) is 10.1 Å². The van der Waals surface area contributed by atoms with Crippen molar-refractivity contribution in [3.63, 3.8) is 0 Å². The van der Waals surface area contributed by atoms with Gasteiger partial charge in [0.05, 0.1) is 24.7 Å². The number of aromatic nitrogens is 4. The van der Waals surface area contributed by atoms with E-state index in [9.17, 15) is 23.6 Å². The second-order valence-electron chi connectivity index (χ2n) is 13.5. The summed E-state index contributed by atoms with van der Waals surface area (Å²) in [6, 6.07) is 6.53. The maximum atomic E-state index is 15.2. The van der Waals surface area contributed by atoms with Gasteiger partial charge in [-0.15, -0.1) is 0 Å². The second-order valence-corrected chi connectivity index (χ2v) is 13.9. The van der Waals surface area contributed by atoms with Crippen LogP contribution in [-0.2, 0) is 34.5 Å². The maximum absolute atomic E-state index is 15.2. The maximum Gasteiger partial charge on any atom is 0.255 e. The molecule has 4 aromatic rings. The smallest absolute Gasteiger partial charge is 0.255 e. The highest BCUT2D eigenvalue weighted by molar-refractivity contribution is 6.32. The molecule has 14 nitrogen and oxygen atoms in total. The number of fused-ring (bicyclic) bond motifs is 1. The number of carbonyl (C=O) groups is 4. The van der Waals surface area contributed by atoms with Crippen LogP contribution in [0.25, 0.3) is 0 Å². The first-order valence-corrected chi connectivity index (χ1v) is 18.6. The van der Waals surface area contributed by atoms with Gasteiger partial charge in [-0.25, -0.2) is 13.8 Å². The van der Waals surface area contributed by atoms with Gasteiger partial charge in [0.1, 0.15) is 16.9 Å². The number of nitrogens with one attached hydrogen (secondary N) is 4. The Balaban J connectivity index is 0.861. The molecule has 6 rings (SSSR count). The molecule has 0 aliphatic carbocycles. The Labute approximate surface area is 321 Å². The van der Waals surface area contributed by atoms with Crippen LogP contribution in [0.2, 0.25) is 5.02 Å². The van der Waals surface area contributed by atoms with Gasteiger partial charge in [0.25, 0.3) is 5.91 Å². The molecule has 0 spiro atoms. The van der Waals surface area contributed by atoms with Gasteiger partial charge >= 0.3 is 0 Å². The largest absolute Gasteiger partial charge is 0.490 e. The number of anilines is 4. The number of halogens is 3. The minimum atomic E-state index is -0.721. The van der Waals surface area contributed by atoms with Crippen molar-refractivity contribution in [2.75, 3.05) is 22.6 Å². The number of hydrogen-bond donors (Lipinski definition) is 4. The van der Waals surface area contributed by atoms with Crippen LogP contribution >= 0.6 is 11.6 Å². The topological polar surface area (TPSA) is 172 Å².